The summed E-state index contributed by atoms with van der Waals surface area (Å²) in [6, 6.07) is 14.3. The fourth-order valence-corrected chi connectivity index (χ4v) is 3.29. The summed E-state index contributed by atoms with van der Waals surface area (Å²) < 4.78 is 0. The zero-order valence-electron chi connectivity index (χ0n) is 15.0. The summed E-state index contributed by atoms with van der Waals surface area (Å²) in [5.74, 6) is -0.0342. The third-order valence-corrected chi connectivity index (χ3v) is 5.39. The molecule has 0 radical (unpaired) electrons. The van der Waals surface area contributed by atoms with Crippen LogP contribution in [0.1, 0.15) is 41.3 Å². The van der Waals surface area contributed by atoms with Crippen LogP contribution in [0.25, 0.3) is 22.2 Å². The van der Waals surface area contributed by atoms with Gasteiger partial charge in [-0.2, -0.15) is 0 Å². The molecule has 0 aliphatic heterocycles. The molecule has 4 rings (SSSR count). The second-order valence-electron chi connectivity index (χ2n) is 6.92. The average molecular weight is 365 g/mol. The lowest BCUT2D eigenvalue weighted by Crippen LogP contribution is -2.25. The zero-order valence-corrected chi connectivity index (χ0v) is 15.7. The van der Waals surface area contributed by atoms with Crippen LogP contribution in [0.5, 0.6) is 0 Å². The van der Waals surface area contributed by atoms with E-state index in [9.17, 15) is 4.79 Å². The van der Waals surface area contributed by atoms with Gasteiger partial charge in [-0.3, -0.25) is 4.79 Å². The van der Waals surface area contributed by atoms with E-state index in [1.807, 2.05) is 25.1 Å². The number of carbonyl (C=O) groups is 1. The van der Waals surface area contributed by atoms with E-state index in [-0.39, 0.29) is 5.91 Å². The summed E-state index contributed by atoms with van der Waals surface area (Å²) in [6.07, 6.45) is 3.12. The maximum absolute atomic E-state index is 12.8. The molecule has 1 N–H and O–H groups in total. The quantitative estimate of drug-likeness (QED) is 0.680. The van der Waals surface area contributed by atoms with Crippen molar-refractivity contribution in [2.75, 3.05) is 0 Å². The minimum atomic E-state index is -0.0342. The van der Waals surface area contributed by atoms with Crippen LogP contribution in [-0.4, -0.2) is 16.9 Å². The molecule has 0 saturated heterocycles. The van der Waals surface area contributed by atoms with E-state index < -0.39 is 0 Å². The van der Waals surface area contributed by atoms with E-state index in [2.05, 4.69) is 36.5 Å². The molecule has 2 aromatic carbocycles. The number of hydrogen-bond donors (Lipinski definition) is 1. The highest BCUT2D eigenvalue weighted by Crippen LogP contribution is 2.31. The largest absolute Gasteiger partial charge is 0.349 e. The van der Waals surface area contributed by atoms with Crippen molar-refractivity contribution in [2.24, 2.45) is 0 Å². The number of amides is 1. The highest BCUT2D eigenvalue weighted by atomic mass is 35.5. The number of hydrogen-bond acceptors (Lipinski definition) is 2. The highest BCUT2D eigenvalue weighted by molar-refractivity contribution is 6.32. The van der Waals surface area contributed by atoms with Crippen LogP contribution in [0, 0.1) is 6.92 Å². The van der Waals surface area contributed by atoms with E-state index in [0.717, 1.165) is 47.0 Å². The lowest BCUT2D eigenvalue weighted by Gasteiger charge is -2.13. The molecule has 132 valence electrons. The molecule has 3 aromatic rings. The Hall–Kier alpha value is -2.39. The van der Waals surface area contributed by atoms with Gasteiger partial charge < -0.3 is 5.32 Å². The van der Waals surface area contributed by atoms with E-state index >= 15 is 0 Å². The number of benzene rings is 2. The normalized spacial score (nSPS) is 13.8. The molecule has 1 aliphatic rings. The number of halogens is 1. The summed E-state index contributed by atoms with van der Waals surface area (Å²) in [7, 11) is 0. The van der Waals surface area contributed by atoms with E-state index in [1.54, 1.807) is 0 Å². The number of aromatic nitrogens is 1. The average Bonchev–Trinajstić information content (AvgIpc) is 3.48. The van der Waals surface area contributed by atoms with Crippen molar-refractivity contribution in [1.82, 2.24) is 10.3 Å². The van der Waals surface area contributed by atoms with Gasteiger partial charge in [0.2, 0.25) is 0 Å². The fraction of sp³-hybridized carbons (Fsp3) is 0.273. The summed E-state index contributed by atoms with van der Waals surface area (Å²) in [4.78, 5) is 17.7. The van der Waals surface area contributed by atoms with Gasteiger partial charge in [-0.1, -0.05) is 48.9 Å². The minimum Gasteiger partial charge on any atom is -0.349 e. The zero-order chi connectivity index (χ0) is 18.3. The molecule has 0 atom stereocenters. The third kappa shape index (κ3) is 3.19. The summed E-state index contributed by atoms with van der Waals surface area (Å²) >= 11 is 6.31. The van der Waals surface area contributed by atoms with E-state index in [0.29, 0.717) is 16.6 Å². The Morgan fingerprint density at radius 2 is 1.92 bits per heavy atom. The Bertz CT molecular complexity index is 991. The third-order valence-electron chi connectivity index (χ3n) is 4.98. The van der Waals surface area contributed by atoms with Gasteiger partial charge in [0.1, 0.15) is 0 Å². The second-order valence-corrected chi connectivity index (χ2v) is 7.33. The molecule has 1 saturated carbocycles. The van der Waals surface area contributed by atoms with Crippen LogP contribution in [0.2, 0.25) is 5.02 Å². The number of carbonyl (C=O) groups excluding carboxylic acids is 1. The van der Waals surface area contributed by atoms with Crippen molar-refractivity contribution in [3.8, 4) is 11.3 Å². The summed E-state index contributed by atoms with van der Waals surface area (Å²) in [6.45, 7) is 4.08. The molecule has 1 amide bonds. The molecule has 3 nitrogen and oxygen atoms in total. The number of pyridine rings is 1. The van der Waals surface area contributed by atoms with Gasteiger partial charge in [0.05, 0.1) is 16.8 Å². The Kier molecular flexibility index (Phi) is 4.41. The van der Waals surface area contributed by atoms with Gasteiger partial charge in [-0.25, -0.2) is 4.98 Å². The van der Waals surface area contributed by atoms with E-state index in [4.69, 9.17) is 16.6 Å². The predicted octanol–water partition coefficient (Wildman–Crippen LogP) is 5.32. The second kappa shape index (κ2) is 6.73. The van der Waals surface area contributed by atoms with Crippen LogP contribution in [0.4, 0.5) is 0 Å². The van der Waals surface area contributed by atoms with Crippen LogP contribution < -0.4 is 5.32 Å². The first kappa shape index (κ1) is 17.0. The number of fused-ring (bicyclic) bond motifs is 1. The molecule has 1 heterocycles. The molecule has 4 heteroatoms. The highest BCUT2D eigenvalue weighted by Gasteiger charge is 2.25. The van der Waals surface area contributed by atoms with Gasteiger partial charge >= 0.3 is 0 Å². The fourth-order valence-electron chi connectivity index (χ4n) is 3.14. The maximum atomic E-state index is 12.8. The Balaban J connectivity index is 1.89. The van der Waals surface area contributed by atoms with Gasteiger partial charge in [-0.15, -0.1) is 0 Å². The van der Waals surface area contributed by atoms with Crippen LogP contribution in [0.15, 0.2) is 42.5 Å². The molecule has 0 spiro atoms. The van der Waals surface area contributed by atoms with Crippen molar-refractivity contribution in [2.45, 2.75) is 39.2 Å². The van der Waals surface area contributed by atoms with Crippen LogP contribution >= 0.6 is 11.6 Å². The van der Waals surface area contributed by atoms with Crippen LogP contribution in [-0.2, 0) is 6.42 Å². The molecular weight excluding hydrogens is 344 g/mol. The Labute approximate surface area is 158 Å². The number of rotatable bonds is 4. The molecule has 1 fully saturated rings. The predicted molar refractivity (Wildman–Crippen MR) is 107 cm³/mol. The van der Waals surface area contributed by atoms with Gasteiger partial charge in [0.15, 0.2) is 0 Å². The first-order chi connectivity index (χ1) is 12.6. The Morgan fingerprint density at radius 1 is 1.19 bits per heavy atom. The summed E-state index contributed by atoms with van der Waals surface area (Å²) in [5.41, 5.74) is 5.43. The van der Waals surface area contributed by atoms with Gasteiger partial charge in [0, 0.05) is 22.0 Å². The van der Waals surface area contributed by atoms with Gasteiger partial charge in [-0.05, 0) is 49.4 Å². The number of nitrogens with zero attached hydrogens (tertiary/aromatic N) is 1. The number of aryl methyl sites for hydroxylation is 2. The maximum Gasteiger partial charge on any atom is 0.252 e. The first-order valence-corrected chi connectivity index (χ1v) is 9.44. The molecule has 0 unspecified atom stereocenters. The monoisotopic (exact) mass is 364 g/mol. The number of nitrogens with one attached hydrogen (secondary N) is 1. The summed E-state index contributed by atoms with van der Waals surface area (Å²) in [5, 5.41) is 4.60. The molecule has 1 aromatic heterocycles. The van der Waals surface area contributed by atoms with Gasteiger partial charge in [0.25, 0.3) is 5.91 Å². The molecule has 1 aliphatic carbocycles. The first-order valence-electron chi connectivity index (χ1n) is 9.07. The van der Waals surface area contributed by atoms with E-state index in [1.165, 1.54) is 5.56 Å². The SMILES string of the molecule is CCc1ccc(-c2cc(C(=O)NC3CC3)c3ccc(Cl)c(C)c3n2)cc1. The van der Waals surface area contributed by atoms with Crippen LogP contribution in [0.3, 0.4) is 0 Å². The van der Waals surface area contributed by atoms with Crippen molar-refractivity contribution >= 4 is 28.4 Å². The Morgan fingerprint density at radius 3 is 2.58 bits per heavy atom. The molecule has 26 heavy (non-hydrogen) atoms. The van der Waals surface area contributed by atoms with Crippen molar-refractivity contribution < 1.29 is 4.79 Å². The van der Waals surface area contributed by atoms with Crippen molar-refractivity contribution in [3.63, 3.8) is 0 Å². The van der Waals surface area contributed by atoms with Crippen molar-refractivity contribution in [3.05, 3.63) is 64.2 Å². The minimum absolute atomic E-state index is 0.0342. The van der Waals surface area contributed by atoms with Crippen molar-refractivity contribution in [1.29, 1.82) is 0 Å². The topological polar surface area (TPSA) is 42.0 Å². The molecule has 0 bridgehead atoms. The standard InChI is InChI=1S/C22H21ClN2O/c1-3-14-4-6-15(7-5-14)20-12-18(22(26)24-16-8-9-16)17-10-11-19(23)13(2)21(17)25-20/h4-7,10-12,16H,3,8-9H2,1-2H3,(H,24,26). The molecular formula is C22H21ClN2O. The lowest BCUT2D eigenvalue weighted by molar-refractivity contribution is 0.0952. The lowest BCUT2D eigenvalue weighted by atomic mass is 10.0. The smallest absolute Gasteiger partial charge is 0.252 e.